The molecule has 0 bridgehead atoms. The molecule has 0 aromatic heterocycles. The summed E-state index contributed by atoms with van der Waals surface area (Å²) < 4.78 is 4.92. The van der Waals surface area contributed by atoms with E-state index in [0.717, 1.165) is 11.5 Å². The van der Waals surface area contributed by atoms with Crippen molar-refractivity contribution in [1.29, 1.82) is 0 Å². The maximum atomic E-state index is 11.3. The van der Waals surface area contributed by atoms with Gasteiger partial charge < -0.3 is 4.74 Å². The van der Waals surface area contributed by atoms with Gasteiger partial charge in [0.2, 0.25) is 0 Å². The number of carbonyl (C=O) groups is 1. The van der Waals surface area contributed by atoms with Crippen LogP contribution in [0.4, 0.5) is 0 Å². The SMILES string of the molecule is CCOC(=O)Cc1ccc(C2CCC2)cc1. The maximum absolute atomic E-state index is 11.3. The van der Waals surface area contributed by atoms with E-state index in [1.54, 1.807) is 0 Å². The summed E-state index contributed by atoms with van der Waals surface area (Å²) in [5.74, 6) is 0.621. The molecule has 0 unspecified atom stereocenters. The van der Waals surface area contributed by atoms with Crippen LogP contribution < -0.4 is 0 Å². The van der Waals surface area contributed by atoms with E-state index in [0.29, 0.717) is 13.0 Å². The zero-order chi connectivity index (χ0) is 11.4. The standard InChI is InChI=1S/C14H18O2/c1-2-16-14(15)10-11-6-8-13(9-7-11)12-4-3-5-12/h6-9,12H,2-5,10H2,1H3. The van der Waals surface area contributed by atoms with E-state index < -0.39 is 0 Å². The van der Waals surface area contributed by atoms with Crippen LogP contribution in [0.15, 0.2) is 24.3 Å². The molecule has 1 aliphatic rings. The molecule has 86 valence electrons. The van der Waals surface area contributed by atoms with Crippen molar-refractivity contribution in [1.82, 2.24) is 0 Å². The lowest BCUT2D eigenvalue weighted by Gasteiger charge is -2.25. The molecule has 0 aliphatic heterocycles. The monoisotopic (exact) mass is 218 g/mol. The van der Waals surface area contributed by atoms with Gasteiger partial charge in [0.1, 0.15) is 0 Å². The predicted octanol–water partition coefficient (Wildman–Crippen LogP) is 3.06. The van der Waals surface area contributed by atoms with Crippen LogP contribution in [-0.4, -0.2) is 12.6 Å². The number of benzene rings is 1. The minimum atomic E-state index is -0.140. The van der Waals surface area contributed by atoms with Gasteiger partial charge in [-0.15, -0.1) is 0 Å². The van der Waals surface area contributed by atoms with Crippen LogP contribution in [0, 0.1) is 0 Å². The molecule has 0 amide bonds. The van der Waals surface area contributed by atoms with Crippen LogP contribution in [0.5, 0.6) is 0 Å². The Morgan fingerprint density at radius 3 is 2.50 bits per heavy atom. The summed E-state index contributed by atoms with van der Waals surface area (Å²) in [7, 11) is 0. The van der Waals surface area contributed by atoms with Gasteiger partial charge in [-0.1, -0.05) is 30.7 Å². The molecule has 1 fully saturated rings. The second kappa shape index (κ2) is 5.15. The number of hydrogen-bond acceptors (Lipinski definition) is 2. The highest BCUT2D eigenvalue weighted by molar-refractivity contribution is 5.72. The zero-order valence-electron chi connectivity index (χ0n) is 9.74. The highest BCUT2D eigenvalue weighted by Crippen LogP contribution is 2.36. The molecule has 2 rings (SSSR count). The molecular formula is C14H18O2. The summed E-state index contributed by atoms with van der Waals surface area (Å²) in [6.07, 6.45) is 4.38. The first-order chi connectivity index (χ1) is 7.79. The van der Waals surface area contributed by atoms with Crippen molar-refractivity contribution < 1.29 is 9.53 Å². The summed E-state index contributed by atoms with van der Waals surface area (Å²) in [6, 6.07) is 8.39. The van der Waals surface area contributed by atoms with Gasteiger partial charge in [0.15, 0.2) is 0 Å². The lowest BCUT2D eigenvalue weighted by molar-refractivity contribution is -0.142. The summed E-state index contributed by atoms with van der Waals surface area (Å²) in [6.45, 7) is 2.29. The van der Waals surface area contributed by atoms with Crippen molar-refractivity contribution in [3.8, 4) is 0 Å². The lowest BCUT2D eigenvalue weighted by Crippen LogP contribution is -2.10. The van der Waals surface area contributed by atoms with Crippen LogP contribution in [0.2, 0.25) is 0 Å². The fourth-order valence-corrected chi connectivity index (χ4v) is 2.03. The van der Waals surface area contributed by atoms with Crippen molar-refractivity contribution in [2.45, 2.75) is 38.5 Å². The molecule has 0 atom stereocenters. The number of esters is 1. The lowest BCUT2D eigenvalue weighted by atomic mass is 9.80. The van der Waals surface area contributed by atoms with E-state index >= 15 is 0 Å². The minimum absolute atomic E-state index is 0.140. The van der Waals surface area contributed by atoms with E-state index in [-0.39, 0.29) is 5.97 Å². The van der Waals surface area contributed by atoms with Crippen LogP contribution in [0.3, 0.4) is 0 Å². The van der Waals surface area contributed by atoms with Crippen molar-refractivity contribution in [3.63, 3.8) is 0 Å². The Labute approximate surface area is 96.6 Å². The van der Waals surface area contributed by atoms with Crippen LogP contribution >= 0.6 is 0 Å². The van der Waals surface area contributed by atoms with Gasteiger partial charge >= 0.3 is 5.97 Å². The molecule has 0 saturated heterocycles. The number of rotatable bonds is 4. The van der Waals surface area contributed by atoms with Gasteiger partial charge in [-0.3, -0.25) is 4.79 Å². The number of hydrogen-bond donors (Lipinski definition) is 0. The Balaban J connectivity index is 1.93. The van der Waals surface area contributed by atoms with Gasteiger partial charge in [0.25, 0.3) is 0 Å². The van der Waals surface area contributed by atoms with Crippen LogP contribution in [0.25, 0.3) is 0 Å². The third-order valence-corrected chi connectivity index (χ3v) is 3.21. The fraction of sp³-hybridized carbons (Fsp3) is 0.500. The molecule has 1 aliphatic carbocycles. The summed E-state index contributed by atoms with van der Waals surface area (Å²) in [4.78, 5) is 11.3. The van der Waals surface area contributed by atoms with Crippen molar-refractivity contribution in [2.24, 2.45) is 0 Å². The Bertz CT molecular complexity index is 350. The molecule has 2 heteroatoms. The first-order valence-electron chi connectivity index (χ1n) is 6.04. The largest absolute Gasteiger partial charge is 0.466 e. The molecule has 0 radical (unpaired) electrons. The number of ether oxygens (including phenoxy) is 1. The highest BCUT2D eigenvalue weighted by Gasteiger charge is 2.19. The van der Waals surface area contributed by atoms with Gasteiger partial charge in [0.05, 0.1) is 13.0 Å². The first kappa shape index (κ1) is 11.2. The van der Waals surface area contributed by atoms with Crippen LogP contribution in [-0.2, 0) is 16.0 Å². The molecular weight excluding hydrogens is 200 g/mol. The van der Waals surface area contributed by atoms with E-state index in [4.69, 9.17) is 4.74 Å². The molecule has 0 heterocycles. The summed E-state index contributed by atoms with van der Waals surface area (Å²) >= 11 is 0. The summed E-state index contributed by atoms with van der Waals surface area (Å²) in [5, 5.41) is 0. The zero-order valence-corrected chi connectivity index (χ0v) is 9.74. The molecule has 0 N–H and O–H groups in total. The topological polar surface area (TPSA) is 26.3 Å². The van der Waals surface area contributed by atoms with Gasteiger partial charge in [0, 0.05) is 0 Å². The van der Waals surface area contributed by atoms with Gasteiger partial charge in [-0.05, 0) is 36.8 Å². The Morgan fingerprint density at radius 1 is 1.31 bits per heavy atom. The number of carbonyl (C=O) groups excluding carboxylic acids is 1. The Hall–Kier alpha value is -1.31. The molecule has 1 aromatic carbocycles. The van der Waals surface area contributed by atoms with Crippen molar-refractivity contribution >= 4 is 5.97 Å². The average Bonchev–Trinajstić information content (AvgIpc) is 2.18. The van der Waals surface area contributed by atoms with Gasteiger partial charge in [-0.25, -0.2) is 0 Å². The Kier molecular flexibility index (Phi) is 3.60. The van der Waals surface area contributed by atoms with Crippen molar-refractivity contribution in [3.05, 3.63) is 35.4 Å². The maximum Gasteiger partial charge on any atom is 0.310 e. The quantitative estimate of drug-likeness (QED) is 0.726. The molecule has 2 nitrogen and oxygen atoms in total. The van der Waals surface area contributed by atoms with E-state index in [1.807, 2.05) is 19.1 Å². The van der Waals surface area contributed by atoms with Crippen LogP contribution in [0.1, 0.15) is 43.2 Å². The molecule has 16 heavy (non-hydrogen) atoms. The smallest absolute Gasteiger partial charge is 0.310 e. The third-order valence-electron chi connectivity index (χ3n) is 3.21. The highest BCUT2D eigenvalue weighted by atomic mass is 16.5. The fourth-order valence-electron chi connectivity index (χ4n) is 2.03. The molecule has 0 spiro atoms. The molecule has 1 aromatic rings. The summed E-state index contributed by atoms with van der Waals surface area (Å²) in [5.41, 5.74) is 2.46. The van der Waals surface area contributed by atoms with Gasteiger partial charge in [-0.2, -0.15) is 0 Å². The second-order valence-electron chi connectivity index (χ2n) is 4.35. The second-order valence-corrected chi connectivity index (χ2v) is 4.35. The van der Waals surface area contributed by atoms with E-state index in [2.05, 4.69) is 12.1 Å². The molecule has 1 saturated carbocycles. The predicted molar refractivity (Wildman–Crippen MR) is 63.4 cm³/mol. The Morgan fingerprint density at radius 2 is 2.00 bits per heavy atom. The van der Waals surface area contributed by atoms with Crippen molar-refractivity contribution in [2.75, 3.05) is 6.61 Å². The van der Waals surface area contributed by atoms with E-state index in [9.17, 15) is 4.79 Å². The van der Waals surface area contributed by atoms with E-state index in [1.165, 1.54) is 24.8 Å². The minimum Gasteiger partial charge on any atom is -0.466 e. The average molecular weight is 218 g/mol. The first-order valence-corrected chi connectivity index (χ1v) is 6.04. The third kappa shape index (κ3) is 2.63. The normalized spacial score (nSPS) is 15.6.